The summed E-state index contributed by atoms with van der Waals surface area (Å²) in [6.07, 6.45) is 0.520. The molecule has 29 heavy (non-hydrogen) atoms. The number of Topliss-reactive ketones (excluding diaryl/α,β-unsaturated/α-hetero) is 1. The van der Waals surface area contributed by atoms with Gasteiger partial charge < -0.3 is 10.8 Å². The van der Waals surface area contributed by atoms with E-state index in [0.29, 0.717) is 17.0 Å². The maximum absolute atomic E-state index is 13.1. The van der Waals surface area contributed by atoms with Crippen LogP contribution in [0.4, 0.5) is 5.82 Å². The number of carbonyl (C=O) groups excluding carboxylic acids is 1. The fourth-order valence-electron chi connectivity index (χ4n) is 3.92. The van der Waals surface area contributed by atoms with Crippen LogP contribution in [0.2, 0.25) is 5.02 Å². The lowest BCUT2D eigenvalue weighted by Crippen LogP contribution is -2.42. The second-order valence-electron chi connectivity index (χ2n) is 8.29. The summed E-state index contributed by atoms with van der Waals surface area (Å²) < 4.78 is 2.11. The minimum absolute atomic E-state index is 0.0454. The third kappa shape index (κ3) is 3.62. The van der Waals surface area contributed by atoms with E-state index in [0.717, 1.165) is 9.13 Å². The van der Waals surface area contributed by atoms with E-state index in [2.05, 4.69) is 0 Å². The summed E-state index contributed by atoms with van der Waals surface area (Å²) in [5.41, 5.74) is 5.39. The molecule has 0 fully saturated rings. The molecule has 1 aromatic heterocycles. The Morgan fingerprint density at radius 2 is 1.66 bits per heavy atom. The van der Waals surface area contributed by atoms with Crippen LogP contribution < -0.4 is 17.0 Å². The zero-order chi connectivity index (χ0) is 21.7. The normalized spacial score (nSPS) is 17.5. The van der Waals surface area contributed by atoms with Crippen LogP contribution in [0.1, 0.15) is 43.7 Å². The number of nitrogen functional groups attached to an aromatic ring is 1. The van der Waals surface area contributed by atoms with Crippen molar-refractivity contribution in [2.75, 3.05) is 5.73 Å². The molecule has 0 saturated carbocycles. The summed E-state index contributed by atoms with van der Waals surface area (Å²) in [4.78, 5) is 38.4. The molecule has 3 rings (SSSR count). The van der Waals surface area contributed by atoms with Gasteiger partial charge in [0.2, 0.25) is 0 Å². The molecule has 0 spiro atoms. The van der Waals surface area contributed by atoms with Crippen molar-refractivity contribution < 1.29 is 9.90 Å². The van der Waals surface area contributed by atoms with Crippen LogP contribution >= 0.6 is 11.6 Å². The average molecular weight is 418 g/mol. The lowest BCUT2D eigenvalue weighted by Gasteiger charge is -2.33. The van der Waals surface area contributed by atoms with Crippen molar-refractivity contribution in [3.63, 3.8) is 0 Å². The maximum Gasteiger partial charge on any atom is 0.332 e. The third-order valence-electron chi connectivity index (χ3n) is 5.42. The highest BCUT2D eigenvalue weighted by atomic mass is 35.5. The monoisotopic (exact) mass is 417 g/mol. The van der Waals surface area contributed by atoms with Crippen molar-refractivity contribution in [1.82, 2.24) is 9.13 Å². The Kier molecular flexibility index (Phi) is 5.21. The fraction of sp³-hybridized carbons (Fsp3) is 0.381. The van der Waals surface area contributed by atoms with Crippen LogP contribution in [0.25, 0.3) is 0 Å². The molecule has 8 heteroatoms. The highest BCUT2D eigenvalue weighted by molar-refractivity contribution is 6.30. The van der Waals surface area contributed by atoms with Gasteiger partial charge in [-0.15, -0.1) is 0 Å². The van der Waals surface area contributed by atoms with Gasteiger partial charge in [-0.1, -0.05) is 37.6 Å². The zero-order valence-corrected chi connectivity index (χ0v) is 17.6. The molecule has 1 aromatic carbocycles. The first-order valence-corrected chi connectivity index (χ1v) is 9.58. The fourth-order valence-corrected chi connectivity index (χ4v) is 4.05. The molecule has 0 saturated heterocycles. The van der Waals surface area contributed by atoms with Gasteiger partial charge in [0.25, 0.3) is 5.56 Å². The lowest BCUT2D eigenvalue weighted by atomic mass is 9.71. The number of nitrogens with two attached hydrogens (primary N) is 1. The molecule has 154 valence electrons. The number of hydrogen-bond donors (Lipinski definition) is 2. The number of nitrogens with zero attached hydrogens (tertiary/aromatic N) is 2. The number of rotatable bonds is 3. The van der Waals surface area contributed by atoms with Crippen LogP contribution in [0.15, 0.2) is 45.2 Å². The van der Waals surface area contributed by atoms with Crippen molar-refractivity contribution in [1.29, 1.82) is 0 Å². The Morgan fingerprint density at radius 1 is 1.07 bits per heavy atom. The zero-order valence-electron chi connectivity index (χ0n) is 16.8. The minimum atomic E-state index is -0.915. The first-order chi connectivity index (χ1) is 13.4. The minimum Gasteiger partial charge on any atom is -0.512 e. The molecule has 1 aliphatic rings. The van der Waals surface area contributed by atoms with E-state index in [1.807, 2.05) is 13.8 Å². The van der Waals surface area contributed by atoms with Crippen LogP contribution in [0, 0.1) is 5.41 Å². The summed E-state index contributed by atoms with van der Waals surface area (Å²) in [6.45, 7) is 3.80. The van der Waals surface area contributed by atoms with E-state index in [9.17, 15) is 19.5 Å². The summed E-state index contributed by atoms with van der Waals surface area (Å²) >= 11 is 6.01. The summed E-state index contributed by atoms with van der Waals surface area (Å²) in [5.74, 6) is -1.28. The molecule has 2 aromatic rings. The topological polar surface area (TPSA) is 107 Å². The van der Waals surface area contributed by atoms with Gasteiger partial charge in [0.15, 0.2) is 5.78 Å². The highest BCUT2D eigenvalue weighted by Gasteiger charge is 2.39. The standard InChI is InChI=1S/C21H24ClN3O4/c1-21(2)9-13(26)16(14(27)10-21)15(11-5-7-12(22)8-6-11)17-18(23)24(3)20(29)25(4)19(17)28/h5-8,15,26H,9-10,23H2,1-4H3. The molecule has 1 heterocycles. The molecular formula is C21H24ClN3O4. The molecular weight excluding hydrogens is 394 g/mol. The van der Waals surface area contributed by atoms with Crippen LogP contribution in [-0.4, -0.2) is 20.0 Å². The van der Waals surface area contributed by atoms with Crippen molar-refractivity contribution in [2.45, 2.75) is 32.6 Å². The SMILES string of the molecule is Cn1c(N)c(C(C2=C(O)CC(C)(C)CC2=O)c2ccc(Cl)cc2)c(=O)n(C)c1=O. The molecule has 1 unspecified atom stereocenters. The van der Waals surface area contributed by atoms with Crippen molar-refractivity contribution in [3.8, 4) is 0 Å². The van der Waals surface area contributed by atoms with Crippen LogP contribution in [-0.2, 0) is 18.9 Å². The van der Waals surface area contributed by atoms with E-state index < -0.39 is 22.6 Å². The first kappa shape index (κ1) is 20.9. The second kappa shape index (κ2) is 7.22. The van der Waals surface area contributed by atoms with Crippen LogP contribution in [0.3, 0.4) is 0 Å². The number of carbonyl (C=O) groups is 1. The third-order valence-corrected chi connectivity index (χ3v) is 5.68. The summed E-state index contributed by atoms with van der Waals surface area (Å²) in [6, 6.07) is 6.65. The van der Waals surface area contributed by atoms with E-state index in [1.165, 1.54) is 14.1 Å². The predicted octanol–water partition coefficient (Wildman–Crippen LogP) is 2.65. The van der Waals surface area contributed by atoms with Crippen molar-refractivity contribution >= 4 is 23.2 Å². The molecule has 0 bridgehead atoms. The molecule has 0 amide bonds. The van der Waals surface area contributed by atoms with E-state index in [-0.39, 0.29) is 34.9 Å². The van der Waals surface area contributed by atoms with Crippen LogP contribution in [0.5, 0.6) is 0 Å². The summed E-state index contributed by atoms with van der Waals surface area (Å²) in [7, 11) is 2.81. The summed E-state index contributed by atoms with van der Waals surface area (Å²) in [5, 5.41) is 11.3. The number of benzene rings is 1. The smallest absolute Gasteiger partial charge is 0.332 e. The first-order valence-electron chi connectivity index (χ1n) is 9.20. The average Bonchev–Trinajstić information content (AvgIpc) is 2.63. The van der Waals surface area contributed by atoms with Gasteiger partial charge in [-0.3, -0.25) is 18.7 Å². The van der Waals surface area contributed by atoms with Gasteiger partial charge in [0, 0.05) is 43.5 Å². The molecule has 0 aliphatic heterocycles. The molecule has 1 atom stereocenters. The number of ketones is 1. The van der Waals surface area contributed by atoms with Crippen molar-refractivity contribution in [2.24, 2.45) is 19.5 Å². The largest absolute Gasteiger partial charge is 0.512 e. The Hall–Kier alpha value is -2.80. The highest BCUT2D eigenvalue weighted by Crippen LogP contribution is 2.43. The number of aromatic nitrogens is 2. The van der Waals surface area contributed by atoms with Gasteiger partial charge in [0.1, 0.15) is 11.6 Å². The Balaban J connectivity index is 2.39. The van der Waals surface area contributed by atoms with Gasteiger partial charge in [-0.2, -0.15) is 0 Å². The molecule has 0 radical (unpaired) electrons. The van der Waals surface area contributed by atoms with Gasteiger partial charge in [-0.25, -0.2) is 4.79 Å². The van der Waals surface area contributed by atoms with E-state index >= 15 is 0 Å². The maximum atomic E-state index is 13.1. The number of allylic oxidation sites excluding steroid dienone is 2. The molecule has 1 aliphatic carbocycles. The Morgan fingerprint density at radius 3 is 2.21 bits per heavy atom. The quantitative estimate of drug-likeness (QED) is 0.798. The molecule has 3 N–H and O–H groups in total. The predicted molar refractivity (Wildman–Crippen MR) is 112 cm³/mol. The van der Waals surface area contributed by atoms with Gasteiger partial charge >= 0.3 is 5.69 Å². The second-order valence-corrected chi connectivity index (χ2v) is 8.73. The number of halogens is 1. The molecule has 7 nitrogen and oxygen atoms in total. The Labute approximate surface area is 173 Å². The Bertz CT molecular complexity index is 1140. The number of hydrogen-bond acceptors (Lipinski definition) is 5. The lowest BCUT2D eigenvalue weighted by molar-refractivity contribution is -0.118. The van der Waals surface area contributed by atoms with Gasteiger partial charge in [0.05, 0.1) is 5.56 Å². The van der Waals surface area contributed by atoms with Gasteiger partial charge in [-0.05, 0) is 23.1 Å². The number of aliphatic hydroxyl groups is 1. The van der Waals surface area contributed by atoms with Crippen molar-refractivity contribution in [3.05, 3.63) is 72.6 Å². The van der Waals surface area contributed by atoms with E-state index in [4.69, 9.17) is 17.3 Å². The number of anilines is 1. The number of aliphatic hydroxyl groups excluding tert-OH is 1. The van der Waals surface area contributed by atoms with E-state index in [1.54, 1.807) is 24.3 Å².